The molecule has 0 aliphatic carbocycles. The van der Waals surface area contributed by atoms with E-state index >= 15 is 0 Å². The molecule has 0 saturated carbocycles. The normalized spacial score (nSPS) is 10.4. The lowest BCUT2D eigenvalue weighted by Crippen LogP contribution is -2.02. The summed E-state index contributed by atoms with van der Waals surface area (Å²) in [6.45, 7) is 0. The van der Waals surface area contributed by atoms with Gasteiger partial charge in [0.15, 0.2) is 0 Å². The Hall–Kier alpha value is -1.48. The van der Waals surface area contributed by atoms with Crippen LogP contribution in [0.15, 0.2) is 58.0 Å². The van der Waals surface area contributed by atoms with Gasteiger partial charge in [-0.3, -0.25) is 4.79 Å². The van der Waals surface area contributed by atoms with E-state index in [0.717, 1.165) is 10.7 Å². The van der Waals surface area contributed by atoms with Crippen molar-refractivity contribution in [3.8, 4) is 0 Å². The van der Waals surface area contributed by atoms with Gasteiger partial charge in [-0.05, 0) is 24.3 Å². The Kier molecular flexibility index (Phi) is 4.45. The first-order valence-corrected chi connectivity index (χ1v) is 6.55. The molecule has 0 amide bonds. The third kappa shape index (κ3) is 4.11. The zero-order valence-corrected chi connectivity index (χ0v) is 10.3. The quantitative estimate of drug-likeness (QED) is 0.730. The van der Waals surface area contributed by atoms with Crippen LogP contribution in [0.1, 0.15) is 12.2 Å². The van der Waals surface area contributed by atoms with Crippen LogP contribution >= 0.6 is 11.8 Å². The highest BCUT2D eigenvalue weighted by Crippen LogP contribution is 2.17. The SMILES string of the molecule is O=C(CCc1ccco1)CSc1ccccc1. The summed E-state index contributed by atoms with van der Waals surface area (Å²) >= 11 is 1.59. The molecular weight excluding hydrogens is 232 g/mol. The number of rotatable bonds is 6. The number of ketones is 1. The number of carbonyl (C=O) groups excluding carboxylic acids is 1. The van der Waals surface area contributed by atoms with Crippen molar-refractivity contribution in [3.63, 3.8) is 0 Å². The topological polar surface area (TPSA) is 30.2 Å². The first kappa shape index (κ1) is 12.0. The summed E-state index contributed by atoms with van der Waals surface area (Å²) in [5.41, 5.74) is 0. The molecule has 2 aromatic rings. The summed E-state index contributed by atoms with van der Waals surface area (Å²) in [6, 6.07) is 13.7. The molecule has 2 nitrogen and oxygen atoms in total. The monoisotopic (exact) mass is 246 g/mol. The molecule has 1 heterocycles. The first-order valence-electron chi connectivity index (χ1n) is 5.56. The molecule has 0 aliphatic rings. The van der Waals surface area contributed by atoms with E-state index in [1.54, 1.807) is 18.0 Å². The Bertz CT molecular complexity index is 448. The van der Waals surface area contributed by atoms with Crippen molar-refractivity contribution >= 4 is 17.5 Å². The van der Waals surface area contributed by atoms with Gasteiger partial charge in [-0.15, -0.1) is 11.8 Å². The summed E-state index contributed by atoms with van der Waals surface area (Å²) in [5.74, 6) is 1.67. The second kappa shape index (κ2) is 6.30. The minimum atomic E-state index is 0.259. The van der Waals surface area contributed by atoms with E-state index in [0.29, 0.717) is 18.6 Å². The van der Waals surface area contributed by atoms with Crippen molar-refractivity contribution < 1.29 is 9.21 Å². The Morgan fingerprint density at radius 1 is 1.12 bits per heavy atom. The zero-order chi connectivity index (χ0) is 11.9. The Balaban J connectivity index is 1.71. The van der Waals surface area contributed by atoms with Gasteiger partial charge in [-0.1, -0.05) is 18.2 Å². The van der Waals surface area contributed by atoms with Gasteiger partial charge >= 0.3 is 0 Å². The fourth-order valence-electron chi connectivity index (χ4n) is 1.47. The molecule has 0 radical (unpaired) electrons. The van der Waals surface area contributed by atoms with E-state index in [1.165, 1.54) is 0 Å². The predicted octanol–water partition coefficient (Wildman–Crippen LogP) is 3.57. The highest BCUT2D eigenvalue weighted by atomic mass is 32.2. The van der Waals surface area contributed by atoms with E-state index in [9.17, 15) is 4.79 Å². The number of Topliss-reactive ketones (excluding diaryl/α,β-unsaturated/α-hetero) is 1. The van der Waals surface area contributed by atoms with Crippen LogP contribution in [-0.4, -0.2) is 11.5 Å². The number of hydrogen-bond acceptors (Lipinski definition) is 3. The van der Waals surface area contributed by atoms with Gasteiger partial charge in [-0.2, -0.15) is 0 Å². The van der Waals surface area contributed by atoms with Crippen LogP contribution in [-0.2, 0) is 11.2 Å². The number of carbonyl (C=O) groups is 1. The van der Waals surface area contributed by atoms with Gasteiger partial charge in [-0.25, -0.2) is 0 Å². The molecule has 3 heteroatoms. The highest BCUT2D eigenvalue weighted by molar-refractivity contribution is 8.00. The lowest BCUT2D eigenvalue weighted by Gasteiger charge is -2.00. The Morgan fingerprint density at radius 2 is 1.94 bits per heavy atom. The zero-order valence-electron chi connectivity index (χ0n) is 9.46. The number of furan rings is 1. The Labute approximate surface area is 105 Å². The van der Waals surface area contributed by atoms with Crippen LogP contribution < -0.4 is 0 Å². The van der Waals surface area contributed by atoms with Crippen molar-refractivity contribution in [3.05, 3.63) is 54.5 Å². The number of aryl methyl sites for hydroxylation is 1. The van der Waals surface area contributed by atoms with Crippen molar-refractivity contribution in [2.75, 3.05) is 5.75 Å². The summed E-state index contributed by atoms with van der Waals surface area (Å²) in [6.07, 6.45) is 2.88. The number of thioether (sulfide) groups is 1. The molecule has 0 N–H and O–H groups in total. The number of benzene rings is 1. The second-order valence-corrected chi connectivity index (χ2v) is 4.77. The summed E-state index contributed by atoms with van der Waals surface area (Å²) < 4.78 is 5.19. The molecule has 88 valence electrons. The van der Waals surface area contributed by atoms with Crippen molar-refractivity contribution in [1.29, 1.82) is 0 Å². The number of hydrogen-bond donors (Lipinski definition) is 0. The van der Waals surface area contributed by atoms with Crippen LogP contribution in [0.4, 0.5) is 0 Å². The molecule has 17 heavy (non-hydrogen) atoms. The largest absolute Gasteiger partial charge is 0.469 e. The summed E-state index contributed by atoms with van der Waals surface area (Å²) in [4.78, 5) is 12.8. The fourth-order valence-corrected chi connectivity index (χ4v) is 2.29. The molecule has 0 aliphatic heterocycles. The maximum atomic E-state index is 11.6. The van der Waals surface area contributed by atoms with Crippen molar-refractivity contribution in [2.45, 2.75) is 17.7 Å². The molecule has 2 rings (SSSR count). The maximum absolute atomic E-state index is 11.6. The minimum Gasteiger partial charge on any atom is -0.469 e. The van der Waals surface area contributed by atoms with Gasteiger partial charge in [0.25, 0.3) is 0 Å². The molecular formula is C14H14O2S. The maximum Gasteiger partial charge on any atom is 0.143 e. The van der Waals surface area contributed by atoms with E-state index < -0.39 is 0 Å². The standard InChI is InChI=1S/C14H14O2S/c15-12(8-9-13-5-4-10-16-13)11-17-14-6-2-1-3-7-14/h1-7,10H,8-9,11H2. The van der Waals surface area contributed by atoms with E-state index in [4.69, 9.17) is 4.42 Å². The van der Waals surface area contributed by atoms with E-state index in [-0.39, 0.29) is 5.78 Å². The van der Waals surface area contributed by atoms with Crippen molar-refractivity contribution in [2.24, 2.45) is 0 Å². The van der Waals surface area contributed by atoms with Crippen LogP contribution in [0.5, 0.6) is 0 Å². The molecule has 1 aromatic carbocycles. The van der Waals surface area contributed by atoms with Crippen LogP contribution in [0.3, 0.4) is 0 Å². The van der Waals surface area contributed by atoms with Crippen LogP contribution in [0, 0.1) is 0 Å². The van der Waals surface area contributed by atoms with Gasteiger partial charge < -0.3 is 4.42 Å². The predicted molar refractivity (Wildman–Crippen MR) is 69.2 cm³/mol. The van der Waals surface area contributed by atoms with E-state index in [2.05, 4.69) is 0 Å². The van der Waals surface area contributed by atoms with Crippen molar-refractivity contribution in [1.82, 2.24) is 0 Å². The van der Waals surface area contributed by atoms with Gasteiger partial charge in [0.2, 0.25) is 0 Å². The third-order valence-corrected chi connectivity index (χ3v) is 3.45. The molecule has 0 spiro atoms. The summed E-state index contributed by atoms with van der Waals surface area (Å²) in [7, 11) is 0. The lowest BCUT2D eigenvalue weighted by molar-refractivity contribution is -0.116. The van der Waals surface area contributed by atoms with Gasteiger partial charge in [0.1, 0.15) is 11.5 Å². The van der Waals surface area contributed by atoms with Gasteiger partial charge in [0, 0.05) is 17.7 Å². The second-order valence-electron chi connectivity index (χ2n) is 3.72. The average molecular weight is 246 g/mol. The van der Waals surface area contributed by atoms with E-state index in [1.807, 2.05) is 42.5 Å². The third-order valence-electron chi connectivity index (χ3n) is 2.37. The Morgan fingerprint density at radius 3 is 2.65 bits per heavy atom. The fraction of sp³-hybridized carbons (Fsp3) is 0.214. The minimum absolute atomic E-state index is 0.259. The van der Waals surface area contributed by atoms with Gasteiger partial charge in [0.05, 0.1) is 12.0 Å². The molecule has 0 atom stereocenters. The molecule has 1 aromatic heterocycles. The van der Waals surface area contributed by atoms with Crippen LogP contribution in [0.2, 0.25) is 0 Å². The molecule has 0 unspecified atom stereocenters. The molecule has 0 saturated heterocycles. The summed E-state index contributed by atoms with van der Waals surface area (Å²) in [5, 5.41) is 0. The molecule has 0 fully saturated rings. The highest BCUT2D eigenvalue weighted by Gasteiger charge is 2.05. The lowest BCUT2D eigenvalue weighted by atomic mass is 10.2. The van der Waals surface area contributed by atoms with Crippen LogP contribution in [0.25, 0.3) is 0 Å². The first-order chi connectivity index (χ1) is 8.34. The smallest absolute Gasteiger partial charge is 0.143 e. The average Bonchev–Trinajstić information content (AvgIpc) is 2.88. The molecule has 0 bridgehead atoms.